The lowest BCUT2D eigenvalue weighted by Gasteiger charge is -2.35. The summed E-state index contributed by atoms with van der Waals surface area (Å²) in [7, 11) is 0. The molecular formula is C21H25N3O. The number of rotatable bonds is 5. The van der Waals surface area contributed by atoms with Crippen LogP contribution in [-0.2, 0) is 11.3 Å². The number of benzene rings is 2. The molecule has 1 amide bonds. The third-order valence-electron chi connectivity index (χ3n) is 5.36. The fourth-order valence-corrected chi connectivity index (χ4v) is 3.89. The van der Waals surface area contributed by atoms with E-state index >= 15 is 0 Å². The van der Waals surface area contributed by atoms with Crippen LogP contribution in [0.5, 0.6) is 0 Å². The topological polar surface area (TPSA) is 35.6 Å². The second-order valence-corrected chi connectivity index (χ2v) is 7.02. The minimum Gasteiger partial charge on any atom is -0.325 e. The molecular weight excluding hydrogens is 310 g/mol. The van der Waals surface area contributed by atoms with E-state index in [1.165, 1.54) is 5.56 Å². The van der Waals surface area contributed by atoms with Crippen LogP contribution in [-0.4, -0.2) is 48.4 Å². The molecule has 1 unspecified atom stereocenters. The molecule has 0 spiro atoms. The molecule has 2 aromatic rings. The summed E-state index contributed by atoms with van der Waals surface area (Å²) < 4.78 is 0. The summed E-state index contributed by atoms with van der Waals surface area (Å²) in [6.07, 6.45) is 0.904. The molecule has 130 valence electrons. The monoisotopic (exact) mass is 335 g/mol. The molecule has 1 saturated heterocycles. The van der Waals surface area contributed by atoms with Gasteiger partial charge in [-0.2, -0.15) is 0 Å². The number of carbonyl (C=O) groups excluding carboxylic acids is 1. The van der Waals surface area contributed by atoms with E-state index in [0.29, 0.717) is 0 Å². The van der Waals surface area contributed by atoms with Gasteiger partial charge in [0.05, 0.1) is 5.92 Å². The summed E-state index contributed by atoms with van der Waals surface area (Å²) in [4.78, 5) is 17.2. The highest BCUT2D eigenvalue weighted by molar-refractivity contribution is 6.02. The average Bonchev–Trinajstić information content (AvgIpc) is 2.97. The summed E-state index contributed by atoms with van der Waals surface area (Å²) in [5.74, 6) is 0.169. The Balaban J connectivity index is 1.26. The van der Waals surface area contributed by atoms with Gasteiger partial charge in [-0.3, -0.25) is 9.69 Å². The van der Waals surface area contributed by atoms with Gasteiger partial charge in [0.25, 0.3) is 0 Å². The molecule has 0 saturated carbocycles. The van der Waals surface area contributed by atoms with Crippen molar-refractivity contribution in [2.24, 2.45) is 0 Å². The Morgan fingerprint density at radius 2 is 1.56 bits per heavy atom. The number of carbonyl (C=O) groups is 1. The Bertz CT molecular complexity index is 723. The van der Waals surface area contributed by atoms with Gasteiger partial charge in [0, 0.05) is 38.4 Å². The SMILES string of the molecule is O=C1Nc2ccccc2C1CCN1CCN(Cc2ccccc2)CC1. The Hall–Kier alpha value is -2.17. The normalized spacial score (nSPS) is 21.1. The van der Waals surface area contributed by atoms with Crippen LogP contribution >= 0.6 is 0 Å². The molecule has 1 atom stereocenters. The maximum absolute atomic E-state index is 12.2. The van der Waals surface area contributed by atoms with E-state index in [4.69, 9.17) is 0 Å². The number of amides is 1. The second kappa shape index (κ2) is 7.38. The molecule has 1 fully saturated rings. The van der Waals surface area contributed by atoms with Gasteiger partial charge in [0.15, 0.2) is 0 Å². The Kier molecular flexibility index (Phi) is 4.81. The highest BCUT2D eigenvalue weighted by Crippen LogP contribution is 2.34. The van der Waals surface area contributed by atoms with Crippen molar-refractivity contribution in [3.8, 4) is 0 Å². The van der Waals surface area contributed by atoms with Crippen molar-refractivity contribution in [2.45, 2.75) is 18.9 Å². The number of para-hydroxylation sites is 1. The first-order valence-electron chi connectivity index (χ1n) is 9.18. The minimum atomic E-state index is 0.0125. The van der Waals surface area contributed by atoms with Crippen molar-refractivity contribution in [3.63, 3.8) is 0 Å². The van der Waals surface area contributed by atoms with E-state index in [9.17, 15) is 4.79 Å². The number of nitrogens with one attached hydrogen (secondary N) is 1. The molecule has 2 aromatic carbocycles. The standard InChI is InChI=1S/C21H25N3O/c25-21-19(18-8-4-5-9-20(18)22-21)10-11-23-12-14-24(15-13-23)16-17-6-2-1-3-7-17/h1-9,19H,10-16H2,(H,22,25). The zero-order chi connectivity index (χ0) is 17.1. The Morgan fingerprint density at radius 1 is 0.880 bits per heavy atom. The number of piperazine rings is 1. The van der Waals surface area contributed by atoms with Gasteiger partial charge in [-0.25, -0.2) is 0 Å². The molecule has 0 radical (unpaired) electrons. The van der Waals surface area contributed by atoms with E-state index in [0.717, 1.165) is 56.9 Å². The van der Waals surface area contributed by atoms with Gasteiger partial charge in [-0.1, -0.05) is 48.5 Å². The molecule has 2 heterocycles. The summed E-state index contributed by atoms with van der Waals surface area (Å²) in [5, 5.41) is 3.00. The second-order valence-electron chi connectivity index (χ2n) is 7.02. The Morgan fingerprint density at radius 3 is 2.36 bits per heavy atom. The van der Waals surface area contributed by atoms with Gasteiger partial charge in [0.1, 0.15) is 0 Å². The number of anilines is 1. The van der Waals surface area contributed by atoms with Gasteiger partial charge in [-0.05, 0) is 30.2 Å². The molecule has 4 rings (SSSR count). The Labute approximate surface area is 149 Å². The van der Waals surface area contributed by atoms with Crippen LogP contribution in [0.4, 0.5) is 5.69 Å². The first-order valence-corrected chi connectivity index (χ1v) is 9.18. The van der Waals surface area contributed by atoms with E-state index in [1.807, 2.05) is 18.2 Å². The fourth-order valence-electron chi connectivity index (χ4n) is 3.89. The number of hydrogen-bond donors (Lipinski definition) is 1. The molecule has 4 nitrogen and oxygen atoms in total. The molecule has 0 aromatic heterocycles. The number of nitrogens with zero attached hydrogens (tertiary/aromatic N) is 2. The van der Waals surface area contributed by atoms with E-state index in [-0.39, 0.29) is 11.8 Å². The minimum absolute atomic E-state index is 0.0125. The highest BCUT2D eigenvalue weighted by Gasteiger charge is 2.30. The first kappa shape index (κ1) is 16.3. The lowest BCUT2D eigenvalue weighted by molar-refractivity contribution is -0.117. The lowest BCUT2D eigenvalue weighted by Crippen LogP contribution is -2.46. The maximum Gasteiger partial charge on any atom is 0.232 e. The van der Waals surface area contributed by atoms with Crippen LogP contribution in [0, 0.1) is 0 Å². The zero-order valence-electron chi connectivity index (χ0n) is 14.5. The largest absolute Gasteiger partial charge is 0.325 e. The van der Waals surface area contributed by atoms with Crippen LogP contribution < -0.4 is 5.32 Å². The third-order valence-corrected chi connectivity index (χ3v) is 5.36. The third kappa shape index (κ3) is 3.75. The van der Waals surface area contributed by atoms with Crippen molar-refractivity contribution < 1.29 is 4.79 Å². The predicted octanol–water partition coefficient (Wildman–Crippen LogP) is 2.93. The smallest absolute Gasteiger partial charge is 0.232 e. The lowest BCUT2D eigenvalue weighted by atomic mass is 9.97. The fraction of sp³-hybridized carbons (Fsp3) is 0.381. The van der Waals surface area contributed by atoms with Crippen molar-refractivity contribution in [3.05, 3.63) is 65.7 Å². The van der Waals surface area contributed by atoms with E-state index < -0.39 is 0 Å². The summed E-state index contributed by atoms with van der Waals surface area (Å²) in [5.41, 5.74) is 3.54. The van der Waals surface area contributed by atoms with E-state index in [1.54, 1.807) is 0 Å². The molecule has 25 heavy (non-hydrogen) atoms. The molecule has 0 bridgehead atoms. The van der Waals surface area contributed by atoms with Crippen molar-refractivity contribution >= 4 is 11.6 Å². The summed E-state index contributed by atoms with van der Waals surface area (Å²) in [6, 6.07) is 18.8. The summed E-state index contributed by atoms with van der Waals surface area (Å²) in [6.45, 7) is 6.40. The summed E-state index contributed by atoms with van der Waals surface area (Å²) >= 11 is 0. The number of fused-ring (bicyclic) bond motifs is 1. The van der Waals surface area contributed by atoms with Crippen LogP contribution in [0.15, 0.2) is 54.6 Å². The van der Waals surface area contributed by atoms with E-state index in [2.05, 4.69) is 51.5 Å². The van der Waals surface area contributed by atoms with Crippen LogP contribution in [0.1, 0.15) is 23.5 Å². The van der Waals surface area contributed by atoms with Crippen LogP contribution in [0.25, 0.3) is 0 Å². The van der Waals surface area contributed by atoms with Crippen LogP contribution in [0.2, 0.25) is 0 Å². The molecule has 1 N–H and O–H groups in total. The molecule has 2 aliphatic rings. The predicted molar refractivity (Wildman–Crippen MR) is 101 cm³/mol. The quantitative estimate of drug-likeness (QED) is 0.912. The van der Waals surface area contributed by atoms with Gasteiger partial charge >= 0.3 is 0 Å². The molecule has 2 aliphatic heterocycles. The van der Waals surface area contributed by atoms with Gasteiger partial charge in [-0.15, -0.1) is 0 Å². The van der Waals surface area contributed by atoms with Crippen LogP contribution in [0.3, 0.4) is 0 Å². The average molecular weight is 335 g/mol. The van der Waals surface area contributed by atoms with Crippen molar-refractivity contribution in [1.29, 1.82) is 0 Å². The first-order chi connectivity index (χ1) is 12.3. The van der Waals surface area contributed by atoms with Crippen molar-refractivity contribution in [1.82, 2.24) is 9.80 Å². The molecule has 4 heteroatoms. The highest BCUT2D eigenvalue weighted by atomic mass is 16.2. The molecule has 0 aliphatic carbocycles. The van der Waals surface area contributed by atoms with Gasteiger partial charge in [0.2, 0.25) is 5.91 Å². The van der Waals surface area contributed by atoms with Crippen molar-refractivity contribution in [2.75, 3.05) is 38.0 Å². The van der Waals surface area contributed by atoms with Gasteiger partial charge < -0.3 is 10.2 Å². The number of hydrogen-bond acceptors (Lipinski definition) is 3. The zero-order valence-corrected chi connectivity index (χ0v) is 14.5. The maximum atomic E-state index is 12.2.